The summed E-state index contributed by atoms with van der Waals surface area (Å²) in [6.07, 6.45) is 5.09. The number of hydrogen-bond donors (Lipinski definition) is 2. The first kappa shape index (κ1) is 32.8. The lowest BCUT2D eigenvalue weighted by molar-refractivity contribution is -0.122. The van der Waals surface area contributed by atoms with Crippen LogP contribution in [0.15, 0.2) is 35.3 Å². The van der Waals surface area contributed by atoms with Gasteiger partial charge in [0.25, 0.3) is 11.5 Å². The number of carbonyl (C=O) groups is 1. The molecule has 0 radical (unpaired) electrons. The Balaban J connectivity index is 0.00000134. The number of halogens is 1. The largest absolute Gasteiger partial charge is 0.478 e. The standard InChI is InChI=1S/C25H32ClN7O3.2C2H6/c1-27-22(34)16-36-21-14-17-13-18(7-8-20(17)33(24(21)35)12-11-31(2)3)29-23-19(26)15-28-25(30-23)32-9-5-4-6-10-32;2*1-2/h7-8,13-15H,4-6,9-12,16H2,1-3H3,(H,27,34)(H,28,29,30);2*1-2H3. The van der Waals surface area contributed by atoms with Gasteiger partial charge in [0.15, 0.2) is 18.2 Å². The van der Waals surface area contributed by atoms with Crippen LogP contribution in [0.3, 0.4) is 0 Å². The average Bonchev–Trinajstić information content (AvgIpc) is 2.99. The Hall–Kier alpha value is -3.37. The molecule has 11 heteroatoms. The van der Waals surface area contributed by atoms with E-state index >= 15 is 0 Å². The fourth-order valence-corrected chi connectivity index (χ4v) is 4.25. The summed E-state index contributed by atoms with van der Waals surface area (Å²) in [5.41, 5.74) is 1.24. The molecule has 4 rings (SSSR count). The smallest absolute Gasteiger partial charge is 0.293 e. The highest BCUT2D eigenvalue weighted by Crippen LogP contribution is 2.28. The Kier molecular flexibility index (Phi) is 13.7. The molecule has 3 heterocycles. The molecular formula is C29H44ClN7O3. The number of ether oxygens (including phenoxy) is 1. The van der Waals surface area contributed by atoms with Crippen LogP contribution < -0.4 is 25.8 Å². The molecule has 0 aliphatic carbocycles. The number of rotatable bonds is 9. The fourth-order valence-electron chi connectivity index (χ4n) is 4.11. The van der Waals surface area contributed by atoms with E-state index in [0.29, 0.717) is 29.9 Å². The molecule has 0 spiro atoms. The van der Waals surface area contributed by atoms with Crippen molar-refractivity contribution < 1.29 is 9.53 Å². The highest BCUT2D eigenvalue weighted by Gasteiger charge is 2.17. The summed E-state index contributed by atoms with van der Waals surface area (Å²) in [5.74, 6) is 0.982. The maximum atomic E-state index is 13.1. The van der Waals surface area contributed by atoms with Crippen molar-refractivity contribution in [3.63, 3.8) is 0 Å². The molecule has 10 nitrogen and oxygen atoms in total. The molecule has 1 amide bonds. The molecule has 40 heavy (non-hydrogen) atoms. The van der Waals surface area contributed by atoms with Gasteiger partial charge in [-0.15, -0.1) is 0 Å². The lowest BCUT2D eigenvalue weighted by atomic mass is 10.1. The molecule has 2 aromatic heterocycles. The summed E-state index contributed by atoms with van der Waals surface area (Å²) < 4.78 is 7.25. The predicted octanol–water partition coefficient (Wildman–Crippen LogP) is 4.92. The van der Waals surface area contributed by atoms with Crippen molar-refractivity contribution in [2.24, 2.45) is 0 Å². The Morgan fingerprint density at radius 2 is 1.80 bits per heavy atom. The van der Waals surface area contributed by atoms with Crippen LogP contribution in [0.4, 0.5) is 17.5 Å². The Labute approximate surface area is 242 Å². The zero-order valence-electron chi connectivity index (χ0n) is 24.9. The van der Waals surface area contributed by atoms with Crippen molar-refractivity contribution in [3.05, 3.63) is 45.8 Å². The minimum Gasteiger partial charge on any atom is -0.478 e. The predicted molar refractivity (Wildman–Crippen MR) is 165 cm³/mol. The summed E-state index contributed by atoms with van der Waals surface area (Å²) in [6.45, 7) is 10.8. The van der Waals surface area contributed by atoms with Gasteiger partial charge in [0.2, 0.25) is 5.95 Å². The molecule has 1 aliphatic heterocycles. The van der Waals surface area contributed by atoms with Crippen molar-refractivity contribution in [2.75, 3.05) is 57.6 Å². The number of hydrogen-bond acceptors (Lipinski definition) is 8. The summed E-state index contributed by atoms with van der Waals surface area (Å²) in [4.78, 5) is 38.1. The van der Waals surface area contributed by atoms with Gasteiger partial charge in [-0.25, -0.2) is 4.98 Å². The van der Waals surface area contributed by atoms with E-state index in [1.165, 1.54) is 13.5 Å². The highest BCUT2D eigenvalue weighted by atomic mass is 35.5. The van der Waals surface area contributed by atoms with Crippen LogP contribution in [0.1, 0.15) is 47.0 Å². The van der Waals surface area contributed by atoms with E-state index in [0.717, 1.165) is 42.5 Å². The van der Waals surface area contributed by atoms with Crippen LogP contribution in [0, 0.1) is 0 Å². The van der Waals surface area contributed by atoms with Gasteiger partial charge in [-0.2, -0.15) is 4.98 Å². The first-order valence-electron chi connectivity index (χ1n) is 14.1. The average molecular weight is 574 g/mol. The van der Waals surface area contributed by atoms with Crippen molar-refractivity contribution in [3.8, 4) is 5.75 Å². The quantitative estimate of drug-likeness (QED) is 0.372. The number of nitrogens with one attached hydrogen (secondary N) is 2. The maximum absolute atomic E-state index is 13.1. The van der Waals surface area contributed by atoms with Crippen LogP contribution in [-0.2, 0) is 11.3 Å². The molecule has 1 saturated heterocycles. The van der Waals surface area contributed by atoms with Crippen LogP contribution in [0.5, 0.6) is 5.75 Å². The van der Waals surface area contributed by atoms with E-state index in [2.05, 4.69) is 25.5 Å². The van der Waals surface area contributed by atoms with Gasteiger partial charge in [-0.3, -0.25) is 9.59 Å². The molecule has 1 aliphatic rings. The first-order chi connectivity index (χ1) is 19.4. The summed E-state index contributed by atoms with van der Waals surface area (Å²) in [6, 6.07) is 7.35. The van der Waals surface area contributed by atoms with Gasteiger partial charge in [-0.05, 0) is 57.6 Å². The Morgan fingerprint density at radius 1 is 1.10 bits per heavy atom. The number of carbonyl (C=O) groups excluding carboxylic acids is 1. The monoisotopic (exact) mass is 573 g/mol. The lowest BCUT2D eigenvalue weighted by Crippen LogP contribution is -2.31. The molecule has 1 fully saturated rings. The van der Waals surface area contributed by atoms with Gasteiger partial charge in [0.05, 0.1) is 11.7 Å². The fraction of sp³-hybridized carbons (Fsp3) is 0.517. The topological polar surface area (TPSA) is 105 Å². The van der Waals surface area contributed by atoms with Crippen molar-refractivity contribution in [1.29, 1.82) is 0 Å². The Bertz CT molecular complexity index is 1290. The van der Waals surface area contributed by atoms with Crippen molar-refractivity contribution >= 4 is 45.9 Å². The van der Waals surface area contributed by atoms with E-state index in [-0.39, 0.29) is 23.8 Å². The van der Waals surface area contributed by atoms with E-state index in [1.807, 2.05) is 64.9 Å². The second-order valence-corrected chi connectivity index (χ2v) is 9.45. The molecule has 0 atom stereocenters. The zero-order chi connectivity index (χ0) is 29.7. The van der Waals surface area contributed by atoms with Gasteiger partial charge >= 0.3 is 0 Å². The van der Waals surface area contributed by atoms with E-state index < -0.39 is 0 Å². The number of piperidine rings is 1. The number of fused-ring (bicyclic) bond motifs is 1. The third-order valence-corrected chi connectivity index (χ3v) is 6.38. The molecule has 1 aromatic carbocycles. The van der Waals surface area contributed by atoms with E-state index in [9.17, 15) is 9.59 Å². The van der Waals surface area contributed by atoms with Crippen molar-refractivity contribution in [1.82, 2.24) is 24.8 Å². The SMILES string of the molecule is CC.CC.CNC(=O)COc1cc2cc(Nc3nc(N4CCCCC4)ncc3Cl)ccc2n(CCN(C)C)c1=O. The van der Waals surface area contributed by atoms with Crippen LogP contribution in [0.25, 0.3) is 10.9 Å². The molecule has 0 unspecified atom stereocenters. The number of amides is 1. The second kappa shape index (κ2) is 16.7. The molecule has 220 valence electrons. The second-order valence-electron chi connectivity index (χ2n) is 9.04. The first-order valence-corrected chi connectivity index (χ1v) is 14.4. The van der Waals surface area contributed by atoms with Gasteiger partial charge in [0, 0.05) is 44.3 Å². The molecule has 2 N–H and O–H groups in total. The number of anilines is 3. The molecule has 0 bridgehead atoms. The number of nitrogens with zero attached hydrogens (tertiary/aromatic N) is 5. The third-order valence-electron chi connectivity index (χ3n) is 6.10. The number of pyridine rings is 1. The van der Waals surface area contributed by atoms with E-state index in [1.54, 1.807) is 16.8 Å². The number of benzene rings is 1. The maximum Gasteiger partial charge on any atom is 0.293 e. The normalized spacial score (nSPS) is 12.7. The number of aromatic nitrogens is 3. The third kappa shape index (κ3) is 8.82. The molecule has 0 saturated carbocycles. The summed E-state index contributed by atoms with van der Waals surface area (Å²) in [7, 11) is 5.42. The van der Waals surface area contributed by atoms with Crippen LogP contribution >= 0.6 is 11.6 Å². The van der Waals surface area contributed by atoms with Crippen LogP contribution in [-0.4, -0.2) is 72.7 Å². The minimum absolute atomic E-state index is 0.120. The van der Waals surface area contributed by atoms with Crippen molar-refractivity contribution in [2.45, 2.75) is 53.5 Å². The number of likely N-dealkylation sites (N-methyl/N-ethyl adjacent to an activating group) is 2. The Morgan fingerprint density at radius 3 is 2.45 bits per heavy atom. The molecule has 3 aromatic rings. The summed E-state index contributed by atoms with van der Waals surface area (Å²) in [5, 5.41) is 7.00. The lowest BCUT2D eigenvalue weighted by Gasteiger charge is -2.26. The molecular weight excluding hydrogens is 530 g/mol. The van der Waals surface area contributed by atoms with Crippen LogP contribution in [0.2, 0.25) is 5.02 Å². The van der Waals surface area contributed by atoms with Gasteiger partial charge in [-0.1, -0.05) is 39.3 Å². The van der Waals surface area contributed by atoms with Gasteiger partial charge in [0.1, 0.15) is 5.02 Å². The highest BCUT2D eigenvalue weighted by molar-refractivity contribution is 6.32. The zero-order valence-corrected chi connectivity index (χ0v) is 25.6. The van der Waals surface area contributed by atoms with E-state index in [4.69, 9.17) is 16.3 Å². The summed E-state index contributed by atoms with van der Waals surface area (Å²) >= 11 is 6.42. The minimum atomic E-state index is -0.312. The van der Waals surface area contributed by atoms with Gasteiger partial charge < -0.3 is 29.7 Å².